The van der Waals surface area contributed by atoms with E-state index in [9.17, 15) is 4.79 Å². The number of nitrogens with zero attached hydrogens (tertiary/aromatic N) is 1. The summed E-state index contributed by atoms with van der Waals surface area (Å²) < 4.78 is 13.8. The molecule has 0 unspecified atom stereocenters. The fourth-order valence-corrected chi connectivity index (χ4v) is 4.17. The number of ether oxygens (including phenoxy) is 1. The van der Waals surface area contributed by atoms with Gasteiger partial charge >= 0.3 is 0 Å². The Morgan fingerprint density at radius 2 is 1.93 bits per heavy atom. The number of carbonyl (C=O) groups is 1. The molecule has 28 heavy (non-hydrogen) atoms. The van der Waals surface area contributed by atoms with Crippen molar-refractivity contribution in [3.63, 3.8) is 0 Å². The van der Waals surface area contributed by atoms with E-state index in [1.165, 1.54) is 6.21 Å². The summed E-state index contributed by atoms with van der Waals surface area (Å²) in [5.41, 5.74) is 4.52. The number of nitrogens with one attached hydrogen (secondary N) is 1. The summed E-state index contributed by atoms with van der Waals surface area (Å²) in [6.45, 7) is 1.87. The first-order valence-corrected chi connectivity index (χ1v) is 10.6. The zero-order valence-corrected chi connectivity index (χ0v) is 19.5. The highest BCUT2D eigenvalue weighted by atomic mass is 79.9. The molecule has 1 aromatic heterocycles. The smallest absolute Gasteiger partial charge is 0.277 e. The monoisotopic (exact) mass is 568 g/mol. The SMILES string of the molecule is Cc1ccc(-c2ccc(/C=N/NC(=O)COc3ccc(Br)cc3Br)o2)c(Br)c1. The van der Waals surface area contributed by atoms with Crippen LogP contribution in [0.3, 0.4) is 0 Å². The largest absolute Gasteiger partial charge is 0.483 e. The molecule has 3 aromatic rings. The molecule has 8 heteroatoms. The van der Waals surface area contributed by atoms with Crippen molar-refractivity contribution in [2.45, 2.75) is 6.92 Å². The number of hydrazone groups is 1. The molecule has 5 nitrogen and oxygen atoms in total. The van der Waals surface area contributed by atoms with Gasteiger partial charge in [0.05, 0.1) is 10.7 Å². The molecule has 0 aliphatic rings. The zero-order valence-electron chi connectivity index (χ0n) is 14.7. The van der Waals surface area contributed by atoms with Gasteiger partial charge in [0.2, 0.25) is 0 Å². The van der Waals surface area contributed by atoms with Gasteiger partial charge in [0.1, 0.15) is 17.3 Å². The molecular formula is C20H15Br3N2O3. The number of halogens is 3. The van der Waals surface area contributed by atoms with Crippen LogP contribution < -0.4 is 10.2 Å². The Labute approximate surface area is 187 Å². The first-order chi connectivity index (χ1) is 13.4. The lowest BCUT2D eigenvalue weighted by molar-refractivity contribution is -0.123. The van der Waals surface area contributed by atoms with Crippen LogP contribution in [0.4, 0.5) is 0 Å². The third kappa shape index (κ3) is 5.56. The van der Waals surface area contributed by atoms with Crippen LogP contribution in [0, 0.1) is 6.92 Å². The highest BCUT2D eigenvalue weighted by Gasteiger charge is 2.08. The van der Waals surface area contributed by atoms with Crippen molar-refractivity contribution in [1.29, 1.82) is 0 Å². The molecule has 0 fully saturated rings. The van der Waals surface area contributed by atoms with Gasteiger partial charge in [-0.25, -0.2) is 5.43 Å². The molecule has 0 saturated carbocycles. The van der Waals surface area contributed by atoms with Crippen molar-refractivity contribution in [2.75, 3.05) is 6.61 Å². The summed E-state index contributed by atoms with van der Waals surface area (Å²) in [5, 5.41) is 3.90. The lowest BCUT2D eigenvalue weighted by Gasteiger charge is -2.07. The summed E-state index contributed by atoms with van der Waals surface area (Å²) in [7, 11) is 0. The van der Waals surface area contributed by atoms with E-state index >= 15 is 0 Å². The van der Waals surface area contributed by atoms with Gasteiger partial charge in [-0.3, -0.25) is 4.79 Å². The van der Waals surface area contributed by atoms with E-state index in [-0.39, 0.29) is 12.5 Å². The van der Waals surface area contributed by atoms with E-state index in [1.807, 2.05) is 43.3 Å². The van der Waals surface area contributed by atoms with Gasteiger partial charge < -0.3 is 9.15 Å². The lowest BCUT2D eigenvalue weighted by Crippen LogP contribution is -2.24. The normalized spacial score (nSPS) is 11.0. The molecule has 2 aromatic carbocycles. The minimum atomic E-state index is -0.376. The average Bonchev–Trinajstić information content (AvgIpc) is 3.09. The van der Waals surface area contributed by atoms with Gasteiger partial charge in [0.15, 0.2) is 6.61 Å². The van der Waals surface area contributed by atoms with Gasteiger partial charge in [-0.05, 0) is 70.9 Å². The molecule has 1 N–H and O–H groups in total. The summed E-state index contributed by atoms with van der Waals surface area (Å²) in [6.07, 6.45) is 1.44. The van der Waals surface area contributed by atoms with Gasteiger partial charge in [0, 0.05) is 14.5 Å². The standard InChI is InChI=1S/C20H15Br3N2O3/c1-12-2-5-15(16(22)8-12)18-7-4-14(28-18)10-24-25-20(26)11-27-19-6-3-13(21)9-17(19)23/h2-10H,11H2,1H3,(H,25,26)/b24-10+. The van der Waals surface area contributed by atoms with Crippen molar-refractivity contribution in [2.24, 2.45) is 5.10 Å². The second kappa shape index (κ2) is 9.54. The van der Waals surface area contributed by atoms with Crippen LogP contribution in [0.25, 0.3) is 11.3 Å². The highest BCUT2D eigenvalue weighted by molar-refractivity contribution is 9.11. The Bertz CT molecular complexity index is 1030. The second-order valence-electron chi connectivity index (χ2n) is 5.84. The molecular weight excluding hydrogens is 556 g/mol. The molecule has 0 bridgehead atoms. The number of aryl methyl sites for hydroxylation is 1. The van der Waals surface area contributed by atoms with Gasteiger partial charge in [0.25, 0.3) is 5.91 Å². The van der Waals surface area contributed by atoms with Crippen LogP contribution in [0.1, 0.15) is 11.3 Å². The van der Waals surface area contributed by atoms with E-state index in [4.69, 9.17) is 9.15 Å². The molecule has 1 heterocycles. The first-order valence-electron chi connectivity index (χ1n) is 8.18. The van der Waals surface area contributed by atoms with Crippen LogP contribution in [-0.2, 0) is 4.79 Å². The summed E-state index contributed by atoms with van der Waals surface area (Å²) in [5.74, 6) is 1.43. The Morgan fingerprint density at radius 1 is 1.11 bits per heavy atom. The fraction of sp³-hybridized carbons (Fsp3) is 0.100. The number of hydrogen-bond acceptors (Lipinski definition) is 4. The van der Waals surface area contributed by atoms with Gasteiger partial charge in [-0.15, -0.1) is 0 Å². The van der Waals surface area contributed by atoms with Crippen LogP contribution in [0.5, 0.6) is 5.75 Å². The molecule has 0 atom stereocenters. The van der Waals surface area contributed by atoms with Crippen molar-refractivity contribution < 1.29 is 13.9 Å². The van der Waals surface area contributed by atoms with E-state index in [2.05, 4.69) is 58.3 Å². The number of furan rings is 1. The maximum atomic E-state index is 11.9. The Kier molecular flexibility index (Phi) is 7.09. The average molecular weight is 571 g/mol. The van der Waals surface area contributed by atoms with E-state index in [0.717, 1.165) is 24.5 Å². The number of carbonyl (C=O) groups excluding carboxylic acids is 1. The minimum absolute atomic E-state index is 0.155. The molecule has 0 aliphatic heterocycles. The topological polar surface area (TPSA) is 63.8 Å². The highest BCUT2D eigenvalue weighted by Crippen LogP contribution is 2.30. The molecule has 1 amide bonds. The van der Waals surface area contributed by atoms with E-state index in [1.54, 1.807) is 12.1 Å². The zero-order chi connectivity index (χ0) is 20.1. The molecule has 3 rings (SSSR count). The third-order valence-electron chi connectivity index (χ3n) is 3.65. The van der Waals surface area contributed by atoms with Gasteiger partial charge in [-0.1, -0.05) is 37.9 Å². The van der Waals surface area contributed by atoms with Crippen molar-refractivity contribution in [1.82, 2.24) is 5.43 Å². The van der Waals surface area contributed by atoms with Crippen molar-refractivity contribution in [3.05, 3.63) is 73.3 Å². The number of hydrogen-bond donors (Lipinski definition) is 1. The lowest BCUT2D eigenvalue weighted by atomic mass is 10.1. The van der Waals surface area contributed by atoms with Crippen LogP contribution >= 0.6 is 47.8 Å². The third-order valence-corrected chi connectivity index (χ3v) is 5.42. The number of benzene rings is 2. The van der Waals surface area contributed by atoms with E-state index < -0.39 is 0 Å². The fourth-order valence-electron chi connectivity index (χ4n) is 2.32. The predicted molar refractivity (Wildman–Crippen MR) is 120 cm³/mol. The molecule has 0 aliphatic carbocycles. The van der Waals surface area contributed by atoms with Crippen LogP contribution in [-0.4, -0.2) is 18.7 Å². The summed E-state index contributed by atoms with van der Waals surface area (Å²) >= 11 is 10.3. The Balaban J connectivity index is 1.54. The number of amides is 1. The summed E-state index contributed by atoms with van der Waals surface area (Å²) in [6, 6.07) is 15.1. The van der Waals surface area contributed by atoms with Crippen molar-refractivity contribution >= 4 is 59.9 Å². The van der Waals surface area contributed by atoms with Crippen LogP contribution in [0.15, 0.2) is 71.5 Å². The summed E-state index contributed by atoms with van der Waals surface area (Å²) in [4.78, 5) is 11.9. The minimum Gasteiger partial charge on any atom is -0.483 e. The van der Waals surface area contributed by atoms with Gasteiger partial charge in [-0.2, -0.15) is 5.10 Å². The first kappa shape index (κ1) is 20.8. The van der Waals surface area contributed by atoms with Crippen LogP contribution in [0.2, 0.25) is 0 Å². The molecule has 0 spiro atoms. The maximum Gasteiger partial charge on any atom is 0.277 e. The number of rotatable bonds is 6. The maximum absolute atomic E-state index is 11.9. The molecule has 0 radical (unpaired) electrons. The molecule has 144 valence electrons. The van der Waals surface area contributed by atoms with Crippen molar-refractivity contribution in [3.8, 4) is 17.1 Å². The quantitative estimate of drug-likeness (QED) is 0.289. The van der Waals surface area contributed by atoms with E-state index in [0.29, 0.717) is 17.3 Å². The molecule has 0 saturated heterocycles. The Hall–Kier alpha value is -1.90. The second-order valence-corrected chi connectivity index (χ2v) is 8.47. The predicted octanol–water partition coefficient (Wildman–Crippen LogP) is 6.07. The Morgan fingerprint density at radius 3 is 2.68 bits per heavy atom.